The summed E-state index contributed by atoms with van der Waals surface area (Å²) in [7, 11) is 0. The van der Waals surface area contributed by atoms with Crippen molar-refractivity contribution in [2.75, 3.05) is 39.3 Å². The van der Waals surface area contributed by atoms with E-state index in [1.54, 1.807) is 0 Å². The minimum absolute atomic E-state index is 0.789. The van der Waals surface area contributed by atoms with Crippen LogP contribution in [-0.4, -0.2) is 61.2 Å². The molecule has 0 aromatic carbocycles. The second-order valence-corrected chi connectivity index (χ2v) is 7.33. The van der Waals surface area contributed by atoms with E-state index in [0.717, 1.165) is 18.0 Å². The Labute approximate surface area is 125 Å². The number of piperidine rings is 2. The van der Waals surface area contributed by atoms with Gasteiger partial charge in [-0.25, -0.2) is 0 Å². The summed E-state index contributed by atoms with van der Waals surface area (Å²) in [5.74, 6) is 0.958. The molecular formula is C17H33N3. The van der Waals surface area contributed by atoms with E-state index in [1.807, 2.05) is 0 Å². The molecule has 0 amide bonds. The molecule has 3 rings (SSSR count). The van der Waals surface area contributed by atoms with E-state index in [2.05, 4.69) is 22.0 Å². The summed E-state index contributed by atoms with van der Waals surface area (Å²) < 4.78 is 0. The molecule has 116 valence electrons. The lowest BCUT2D eigenvalue weighted by molar-refractivity contribution is 0.175. The van der Waals surface area contributed by atoms with Gasteiger partial charge in [-0.1, -0.05) is 13.3 Å². The van der Waals surface area contributed by atoms with Crippen LogP contribution in [0.1, 0.15) is 51.9 Å². The van der Waals surface area contributed by atoms with Gasteiger partial charge in [-0.2, -0.15) is 0 Å². The summed E-state index contributed by atoms with van der Waals surface area (Å²) in [4.78, 5) is 5.40. The molecular weight excluding hydrogens is 246 g/mol. The molecule has 20 heavy (non-hydrogen) atoms. The predicted octanol–water partition coefficient (Wildman–Crippen LogP) is 2.32. The zero-order valence-corrected chi connectivity index (χ0v) is 13.3. The van der Waals surface area contributed by atoms with Crippen molar-refractivity contribution in [1.82, 2.24) is 15.1 Å². The molecule has 0 bridgehead atoms. The van der Waals surface area contributed by atoms with Gasteiger partial charge in [-0.3, -0.25) is 4.90 Å². The predicted molar refractivity (Wildman–Crippen MR) is 85.1 cm³/mol. The fraction of sp³-hybridized carbons (Fsp3) is 1.00. The van der Waals surface area contributed by atoms with Crippen molar-refractivity contribution in [3.63, 3.8) is 0 Å². The van der Waals surface area contributed by atoms with Crippen LogP contribution < -0.4 is 5.32 Å². The molecule has 3 fully saturated rings. The fourth-order valence-corrected chi connectivity index (χ4v) is 4.36. The normalized spacial score (nSPS) is 33.5. The van der Waals surface area contributed by atoms with E-state index >= 15 is 0 Å². The molecule has 0 radical (unpaired) electrons. The van der Waals surface area contributed by atoms with Crippen molar-refractivity contribution in [2.45, 2.75) is 64.0 Å². The van der Waals surface area contributed by atoms with Crippen molar-refractivity contribution < 1.29 is 0 Å². The van der Waals surface area contributed by atoms with Crippen LogP contribution in [0.2, 0.25) is 0 Å². The first-order chi connectivity index (χ1) is 9.83. The van der Waals surface area contributed by atoms with E-state index in [-0.39, 0.29) is 0 Å². The first kappa shape index (κ1) is 14.8. The van der Waals surface area contributed by atoms with Crippen LogP contribution >= 0.6 is 0 Å². The molecule has 0 aromatic heterocycles. The van der Waals surface area contributed by atoms with Crippen LogP contribution in [0.3, 0.4) is 0 Å². The second kappa shape index (κ2) is 7.24. The number of likely N-dealkylation sites (tertiary alicyclic amines) is 1. The third kappa shape index (κ3) is 3.75. The lowest BCUT2D eigenvalue weighted by atomic mass is 9.98. The molecule has 0 spiro atoms. The quantitative estimate of drug-likeness (QED) is 0.779. The molecule has 2 atom stereocenters. The Morgan fingerprint density at radius 2 is 1.80 bits per heavy atom. The van der Waals surface area contributed by atoms with E-state index in [0.29, 0.717) is 0 Å². The maximum absolute atomic E-state index is 3.86. The highest BCUT2D eigenvalue weighted by molar-refractivity contribution is 4.93. The maximum atomic E-state index is 3.86. The van der Waals surface area contributed by atoms with Crippen molar-refractivity contribution in [1.29, 1.82) is 0 Å². The van der Waals surface area contributed by atoms with Gasteiger partial charge >= 0.3 is 0 Å². The van der Waals surface area contributed by atoms with Crippen molar-refractivity contribution in [3.8, 4) is 0 Å². The summed E-state index contributed by atoms with van der Waals surface area (Å²) in [6.07, 6.45) is 9.84. The summed E-state index contributed by atoms with van der Waals surface area (Å²) in [5.41, 5.74) is 0. The third-order valence-corrected chi connectivity index (χ3v) is 5.79. The molecule has 3 aliphatic heterocycles. The Balaban J connectivity index is 1.30. The molecule has 0 saturated carbocycles. The molecule has 3 heteroatoms. The average molecular weight is 279 g/mol. The molecule has 0 aromatic rings. The Morgan fingerprint density at radius 3 is 2.65 bits per heavy atom. The highest BCUT2D eigenvalue weighted by Crippen LogP contribution is 2.27. The van der Waals surface area contributed by atoms with Crippen LogP contribution in [0.4, 0.5) is 0 Å². The molecule has 3 saturated heterocycles. The summed E-state index contributed by atoms with van der Waals surface area (Å²) in [5, 5.41) is 3.86. The molecule has 3 aliphatic rings. The minimum Gasteiger partial charge on any atom is -0.312 e. The molecule has 3 nitrogen and oxygen atoms in total. The van der Waals surface area contributed by atoms with Crippen LogP contribution in [-0.2, 0) is 0 Å². The van der Waals surface area contributed by atoms with Crippen molar-refractivity contribution in [2.24, 2.45) is 5.92 Å². The highest BCUT2D eigenvalue weighted by Gasteiger charge is 2.34. The Bertz CT molecular complexity index is 286. The highest BCUT2D eigenvalue weighted by atomic mass is 15.2. The monoisotopic (exact) mass is 279 g/mol. The first-order valence-electron chi connectivity index (χ1n) is 9.03. The second-order valence-electron chi connectivity index (χ2n) is 7.33. The number of nitrogens with zero attached hydrogens (tertiary/aromatic N) is 2. The van der Waals surface area contributed by atoms with E-state index in [4.69, 9.17) is 0 Å². The van der Waals surface area contributed by atoms with Crippen molar-refractivity contribution in [3.05, 3.63) is 0 Å². The van der Waals surface area contributed by atoms with Crippen LogP contribution in [0.5, 0.6) is 0 Å². The van der Waals surface area contributed by atoms with Gasteiger partial charge < -0.3 is 10.2 Å². The van der Waals surface area contributed by atoms with Gasteiger partial charge in [0.05, 0.1) is 0 Å². The smallest absolute Gasteiger partial charge is 0.0249 e. The topological polar surface area (TPSA) is 18.5 Å². The lowest BCUT2D eigenvalue weighted by Gasteiger charge is -2.33. The number of rotatable bonds is 5. The van der Waals surface area contributed by atoms with E-state index in [9.17, 15) is 0 Å². The van der Waals surface area contributed by atoms with Gasteiger partial charge in [-0.15, -0.1) is 0 Å². The van der Waals surface area contributed by atoms with Gasteiger partial charge in [-0.05, 0) is 77.2 Å². The average Bonchev–Trinajstić information content (AvgIpc) is 2.89. The lowest BCUT2D eigenvalue weighted by Crippen LogP contribution is -2.45. The summed E-state index contributed by atoms with van der Waals surface area (Å²) in [6.45, 7) is 10.3. The standard InChI is InChI=1S/C17H33N3/c1-15-6-12-19(13-7-15)10-4-9-18-16-8-14-20-11-3-2-5-17(16)20/h15-18H,2-14H2,1H3. The van der Waals surface area contributed by atoms with Gasteiger partial charge in [0.25, 0.3) is 0 Å². The van der Waals surface area contributed by atoms with Crippen molar-refractivity contribution >= 4 is 0 Å². The SMILES string of the molecule is CC1CCN(CCCNC2CCN3CCCCC23)CC1. The zero-order valence-electron chi connectivity index (χ0n) is 13.3. The first-order valence-corrected chi connectivity index (χ1v) is 9.03. The summed E-state index contributed by atoms with van der Waals surface area (Å²) >= 11 is 0. The van der Waals surface area contributed by atoms with Crippen LogP contribution in [0.25, 0.3) is 0 Å². The van der Waals surface area contributed by atoms with Gasteiger partial charge in [0.2, 0.25) is 0 Å². The fourth-order valence-electron chi connectivity index (χ4n) is 4.36. The zero-order chi connectivity index (χ0) is 13.8. The largest absolute Gasteiger partial charge is 0.312 e. The molecule has 2 unspecified atom stereocenters. The van der Waals surface area contributed by atoms with Gasteiger partial charge in [0.1, 0.15) is 0 Å². The van der Waals surface area contributed by atoms with Crippen LogP contribution in [0.15, 0.2) is 0 Å². The summed E-state index contributed by atoms with van der Waals surface area (Å²) in [6, 6.07) is 1.65. The molecule has 1 N–H and O–H groups in total. The molecule has 0 aliphatic carbocycles. The molecule has 3 heterocycles. The van der Waals surface area contributed by atoms with E-state index < -0.39 is 0 Å². The number of nitrogens with one attached hydrogen (secondary N) is 1. The Morgan fingerprint density at radius 1 is 0.950 bits per heavy atom. The van der Waals surface area contributed by atoms with Crippen LogP contribution in [0, 0.1) is 5.92 Å². The van der Waals surface area contributed by atoms with Gasteiger partial charge in [0.15, 0.2) is 0 Å². The third-order valence-electron chi connectivity index (χ3n) is 5.79. The maximum Gasteiger partial charge on any atom is 0.0249 e. The van der Waals surface area contributed by atoms with Gasteiger partial charge in [0, 0.05) is 18.6 Å². The Kier molecular flexibility index (Phi) is 5.36. The van der Waals surface area contributed by atoms with E-state index in [1.165, 1.54) is 84.2 Å². The number of hydrogen-bond donors (Lipinski definition) is 1. The Hall–Kier alpha value is -0.120. The minimum atomic E-state index is 0.789. The number of hydrogen-bond acceptors (Lipinski definition) is 3. The number of fused-ring (bicyclic) bond motifs is 1.